The number of nitrogens with one attached hydrogen (secondary N) is 1. The van der Waals surface area contributed by atoms with Gasteiger partial charge < -0.3 is 24.6 Å². The molecule has 6 nitrogen and oxygen atoms in total. The maximum Gasteiger partial charge on any atom is 0.407 e. The van der Waals surface area contributed by atoms with Crippen LogP contribution < -0.4 is 5.32 Å². The Hall–Kier alpha value is -0.850. The van der Waals surface area contributed by atoms with Crippen LogP contribution >= 0.6 is 0 Å². The quantitative estimate of drug-likeness (QED) is 0.572. The lowest BCUT2D eigenvalue weighted by Crippen LogP contribution is -2.42. The van der Waals surface area contributed by atoms with Gasteiger partial charge in [-0.3, -0.25) is 0 Å². The van der Waals surface area contributed by atoms with Crippen molar-refractivity contribution < 1.29 is 24.1 Å². The van der Waals surface area contributed by atoms with Crippen molar-refractivity contribution in [2.75, 3.05) is 40.1 Å². The summed E-state index contributed by atoms with van der Waals surface area (Å²) >= 11 is 0. The van der Waals surface area contributed by atoms with Gasteiger partial charge in [-0.2, -0.15) is 0 Å². The molecule has 0 aromatic heterocycles. The maximum atomic E-state index is 11.7. The average Bonchev–Trinajstić information content (AvgIpc) is 2.44. The zero-order chi connectivity index (χ0) is 17.1. The first kappa shape index (κ1) is 21.1. The van der Waals surface area contributed by atoms with Crippen molar-refractivity contribution in [3.8, 4) is 0 Å². The molecule has 1 atom stereocenters. The standard InChI is InChI=1S/C16H33NO5/c1-6-16(13-18,8-11-21-10-7-9-20-5)12-17-14(19)22-15(2,3)4/h18H,6-13H2,1-5H3,(H,17,19). The zero-order valence-electron chi connectivity index (χ0n) is 14.7. The molecular formula is C16H33NO5. The van der Waals surface area contributed by atoms with Gasteiger partial charge in [-0.15, -0.1) is 0 Å². The highest BCUT2D eigenvalue weighted by Crippen LogP contribution is 2.25. The number of amides is 1. The molecule has 2 N–H and O–H groups in total. The van der Waals surface area contributed by atoms with Gasteiger partial charge in [0.1, 0.15) is 5.60 Å². The van der Waals surface area contributed by atoms with Crippen LogP contribution in [0.3, 0.4) is 0 Å². The molecule has 1 amide bonds. The number of carbonyl (C=O) groups is 1. The molecule has 0 aliphatic rings. The molecule has 1 unspecified atom stereocenters. The minimum Gasteiger partial charge on any atom is -0.444 e. The topological polar surface area (TPSA) is 77.0 Å². The van der Waals surface area contributed by atoms with E-state index in [1.807, 2.05) is 27.7 Å². The van der Waals surface area contributed by atoms with Crippen LogP contribution in [-0.4, -0.2) is 56.9 Å². The van der Waals surface area contributed by atoms with Crippen LogP contribution in [0.2, 0.25) is 0 Å². The SMILES string of the molecule is CCC(CO)(CCOCCCOC)CNC(=O)OC(C)(C)C. The highest BCUT2D eigenvalue weighted by Gasteiger charge is 2.28. The number of carbonyl (C=O) groups excluding carboxylic acids is 1. The molecule has 0 aromatic carbocycles. The second-order valence-corrected chi connectivity index (χ2v) is 6.58. The first-order valence-corrected chi connectivity index (χ1v) is 7.93. The van der Waals surface area contributed by atoms with E-state index in [-0.39, 0.29) is 12.0 Å². The van der Waals surface area contributed by atoms with Crippen molar-refractivity contribution in [3.05, 3.63) is 0 Å². The molecule has 0 heterocycles. The predicted octanol–water partition coefficient (Wildman–Crippen LogP) is 2.34. The number of aliphatic hydroxyl groups excluding tert-OH is 1. The van der Waals surface area contributed by atoms with E-state index in [2.05, 4.69) is 5.32 Å². The molecule has 0 aliphatic heterocycles. The Morgan fingerprint density at radius 3 is 2.36 bits per heavy atom. The third kappa shape index (κ3) is 9.97. The number of methoxy groups -OCH3 is 1. The molecule has 0 saturated carbocycles. The molecule has 6 heteroatoms. The first-order chi connectivity index (χ1) is 10.3. The lowest BCUT2D eigenvalue weighted by Gasteiger charge is -2.31. The van der Waals surface area contributed by atoms with Gasteiger partial charge in [-0.25, -0.2) is 4.79 Å². The van der Waals surface area contributed by atoms with E-state index >= 15 is 0 Å². The van der Waals surface area contributed by atoms with E-state index in [1.165, 1.54) is 0 Å². The van der Waals surface area contributed by atoms with Gasteiger partial charge in [0, 0.05) is 38.9 Å². The minimum absolute atomic E-state index is 0.000723. The van der Waals surface area contributed by atoms with E-state index in [4.69, 9.17) is 14.2 Å². The van der Waals surface area contributed by atoms with Crippen LogP contribution in [0.5, 0.6) is 0 Å². The fourth-order valence-electron chi connectivity index (χ4n) is 1.91. The predicted molar refractivity (Wildman–Crippen MR) is 86.0 cm³/mol. The van der Waals surface area contributed by atoms with E-state index in [0.29, 0.717) is 32.8 Å². The molecule has 0 saturated heterocycles. The Bertz CT molecular complexity index is 297. The van der Waals surface area contributed by atoms with Crippen molar-refractivity contribution in [2.24, 2.45) is 5.41 Å². The van der Waals surface area contributed by atoms with Gasteiger partial charge >= 0.3 is 6.09 Å². The molecule has 0 spiro atoms. The first-order valence-electron chi connectivity index (χ1n) is 7.93. The minimum atomic E-state index is -0.525. The van der Waals surface area contributed by atoms with Crippen LogP contribution in [0.15, 0.2) is 0 Å². The van der Waals surface area contributed by atoms with Crippen LogP contribution in [0.25, 0.3) is 0 Å². The lowest BCUT2D eigenvalue weighted by atomic mass is 9.83. The van der Waals surface area contributed by atoms with Crippen molar-refractivity contribution in [1.29, 1.82) is 0 Å². The third-order valence-electron chi connectivity index (χ3n) is 3.51. The number of rotatable bonds is 11. The normalized spacial score (nSPS) is 14.5. The highest BCUT2D eigenvalue weighted by atomic mass is 16.6. The van der Waals surface area contributed by atoms with Crippen LogP contribution in [0, 0.1) is 5.41 Å². The second-order valence-electron chi connectivity index (χ2n) is 6.58. The number of alkyl carbamates (subject to hydrolysis) is 1. The summed E-state index contributed by atoms with van der Waals surface area (Å²) in [6.45, 7) is 9.69. The van der Waals surface area contributed by atoms with Crippen LogP contribution in [-0.2, 0) is 14.2 Å². The van der Waals surface area contributed by atoms with Crippen molar-refractivity contribution >= 4 is 6.09 Å². The Morgan fingerprint density at radius 2 is 1.86 bits per heavy atom. The fourth-order valence-corrected chi connectivity index (χ4v) is 1.91. The van der Waals surface area contributed by atoms with E-state index in [9.17, 15) is 9.90 Å². The summed E-state index contributed by atoms with van der Waals surface area (Å²) in [7, 11) is 1.66. The number of hydrogen-bond acceptors (Lipinski definition) is 5. The average molecular weight is 319 g/mol. The third-order valence-corrected chi connectivity index (χ3v) is 3.51. The Kier molecular flexibility index (Phi) is 10.4. The molecule has 22 heavy (non-hydrogen) atoms. The molecule has 0 fully saturated rings. The number of hydrogen-bond donors (Lipinski definition) is 2. The summed E-state index contributed by atoms with van der Waals surface area (Å²) < 4.78 is 15.7. The summed E-state index contributed by atoms with van der Waals surface area (Å²) in [5.74, 6) is 0. The largest absolute Gasteiger partial charge is 0.444 e. The van der Waals surface area contributed by atoms with Gasteiger partial charge in [0.25, 0.3) is 0 Å². The Morgan fingerprint density at radius 1 is 1.18 bits per heavy atom. The van der Waals surface area contributed by atoms with Gasteiger partial charge in [0.05, 0.1) is 6.61 Å². The lowest BCUT2D eigenvalue weighted by molar-refractivity contribution is 0.0328. The van der Waals surface area contributed by atoms with Gasteiger partial charge in [0.2, 0.25) is 0 Å². The second kappa shape index (κ2) is 10.8. The Balaban J connectivity index is 4.18. The molecule has 0 rings (SSSR count). The maximum absolute atomic E-state index is 11.7. The number of ether oxygens (including phenoxy) is 3. The Labute approximate surface area is 134 Å². The van der Waals surface area contributed by atoms with E-state index in [1.54, 1.807) is 7.11 Å². The van der Waals surface area contributed by atoms with Crippen LogP contribution in [0.1, 0.15) is 47.0 Å². The molecule has 0 aromatic rings. The summed E-state index contributed by atoms with van der Waals surface area (Å²) in [5.41, 5.74) is -0.902. The summed E-state index contributed by atoms with van der Waals surface area (Å²) in [5, 5.41) is 12.4. The zero-order valence-corrected chi connectivity index (χ0v) is 14.7. The molecular weight excluding hydrogens is 286 g/mol. The summed E-state index contributed by atoms with van der Waals surface area (Å²) in [6.07, 6.45) is 1.83. The smallest absolute Gasteiger partial charge is 0.407 e. The van der Waals surface area contributed by atoms with E-state index in [0.717, 1.165) is 12.8 Å². The molecule has 132 valence electrons. The molecule has 0 bridgehead atoms. The van der Waals surface area contributed by atoms with Crippen LogP contribution in [0.4, 0.5) is 4.79 Å². The van der Waals surface area contributed by atoms with Crippen molar-refractivity contribution in [2.45, 2.75) is 52.6 Å². The van der Waals surface area contributed by atoms with Gasteiger partial charge in [0.15, 0.2) is 0 Å². The number of aliphatic hydroxyl groups is 1. The highest BCUT2D eigenvalue weighted by molar-refractivity contribution is 5.67. The van der Waals surface area contributed by atoms with Crippen molar-refractivity contribution in [1.82, 2.24) is 5.32 Å². The monoisotopic (exact) mass is 319 g/mol. The molecule has 0 aliphatic carbocycles. The molecule has 0 radical (unpaired) electrons. The van der Waals surface area contributed by atoms with E-state index < -0.39 is 11.7 Å². The van der Waals surface area contributed by atoms with Gasteiger partial charge in [-0.05, 0) is 40.0 Å². The summed E-state index contributed by atoms with van der Waals surface area (Å²) in [6, 6.07) is 0. The fraction of sp³-hybridized carbons (Fsp3) is 0.938. The summed E-state index contributed by atoms with van der Waals surface area (Å²) in [4.78, 5) is 11.7. The van der Waals surface area contributed by atoms with Gasteiger partial charge in [-0.1, -0.05) is 6.92 Å². The van der Waals surface area contributed by atoms with Crippen molar-refractivity contribution in [3.63, 3.8) is 0 Å².